The van der Waals surface area contributed by atoms with E-state index in [1.807, 2.05) is 18.3 Å². The first-order chi connectivity index (χ1) is 13.7. The lowest BCUT2D eigenvalue weighted by atomic mass is 10.1. The molecule has 28 heavy (non-hydrogen) atoms. The Bertz CT molecular complexity index is 776. The minimum Gasteiger partial charge on any atom is -0.495 e. The molecule has 0 bridgehead atoms. The number of hydrogen-bond acceptors (Lipinski definition) is 5. The normalized spacial score (nSPS) is 17.0. The Balaban J connectivity index is 1.50. The molecule has 0 aliphatic carbocycles. The topological polar surface area (TPSA) is 61.8 Å². The fourth-order valence-corrected chi connectivity index (χ4v) is 4.25. The lowest BCUT2D eigenvalue weighted by molar-refractivity contribution is 0.414. The molecule has 0 amide bonds. The van der Waals surface area contributed by atoms with E-state index in [1.54, 1.807) is 18.4 Å². The molecule has 0 saturated carbocycles. The van der Waals surface area contributed by atoms with Crippen molar-refractivity contribution in [1.82, 2.24) is 15.6 Å². The van der Waals surface area contributed by atoms with Crippen LogP contribution in [0.25, 0.3) is 0 Å². The molecule has 0 radical (unpaired) electrons. The second kappa shape index (κ2) is 10.3. The van der Waals surface area contributed by atoms with Gasteiger partial charge in [-0.05, 0) is 38.3 Å². The highest BCUT2D eigenvalue weighted by atomic mass is 32.1. The molecule has 2 N–H and O–H groups in total. The lowest BCUT2D eigenvalue weighted by Crippen LogP contribution is -2.38. The van der Waals surface area contributed by atoms with Crippen molar-refractivity contribution in [2.24, 2.45) is 10.9 Å². The number of aliphatic imine (C=N–C) groups is 1. The summed E-state index contributed by atoms with van der Waals surface area (Å²) in [5.74, 6) is 2.40. The molecule has 0 spiro atoms. The number of methoxy groups -OCH3 is 1. The third-order valence-corrected chi connectivity index (χ3v) is 5.84. The zero-order chi connectivity index (χ0) is 19.8. The van der Waals surface area contributed by atoms with Gasteiger partial charge in [0.1, 0.15) is 5.75 Å². The van der Waals surface area contributed by atoms with Crippen LogP contribution >= 0.6 is 11.3 Å². The van der Waals surface area contributed by atoms with Crippen molar-refractivity contribution in [3.8, 4) is 5.75 Å². The Labute approximate surface area is 172 Å². The molecule has 2 heterocycles. The third-order valence-electron chi connectivity index (χ3n) is 4.86. The lowest BCUT2D eigenvalue weighted by Gasteiger charge is -2.21. The minimum atomic E-state index is 0.557. The van der Waals surface area contributed by atoms with Crippen molar-refractivity contribution in [1.29, 1.82) is 0 Å². The number of anilines is 1. The van der Waals surface area contributed by atoms with E-state index in [1.165, 1.54) is 15.6 Å². The zero-order valence-electron chi connectivity index (χ0n) is 17.1. The van der Waals surface area contributed by atoms with Gasteiger partial charge in [0, 0.05) is 50.2 Å². The van der Waals surface area contributed by atoms with Crippen LogP contribution in [0.1, 0.15) is 23.2 Å². The second-order valence-electron chi connectivity index (χ2n) is 7.03. The van der Waals surface area contributed by atoms with E-state index in [9.17, 15) is 0 Å². The van der Waals surface area contributed by atoms with Crippen LogP contribution in [0.3, 0.4) is 0 Å². The Hall–Kier alpha value is -2.28. The predicted octanol–water partition coefficient (Wildman–Crippen LogP) is 3.08. The highest BCUT2D eigenvalue weighted by Gasteiger charge is 2.24. The molecule has 1 fully saturated rings. The van der Waals surface area contributed by atoms with Crippen LogP contribution in [0.15, 0.2) is 35.5 Å². The third kappa shape index (κ3) is 5.61. The van der Waals surface area contributed by atoms with Gasteiger partial charge in [0.2, 0.25) is 0 Å². The smallest absolute Gasteiger partial charge is 0.191 e. The van der Waals surface area contributed by atoms with E-state index in [0.29, 0.717) is 5.92 Å². The van der Waals surface area contributed by atoms with E-state index in [4.69, 9.17) is 9.73 Å². The van der Waals surface area contributed by atoms with Gasteiger partial charge >= 0.3 is 0 Å². The van der Waals surface area contributed by atoms with Crippen molar-refractivity contribution < 1.29 is 4.74 Å². The number of rotatable bonds is 8. The quantitative estimate of drug-likeness (QED) is 0.526. The van der Waals surface area contributed by atoms with Gasteiger partial charge in [0.25, 0.3) is 0 Å². The van der Waals surface area contributed by atoms with Crippen LogP contribution in [0.4, 0.5) is 5.69 Å². The first-order valence-corrected chi connectivity index (χ1v) is 10.8. The van der Waals surface area contributed by atoms with Crippen LogP contribution in [0.2, 0.25) is 0 Å². The number of aryl methyl sites for hydroxylation is 1. The summed E-state index contributed by atoms with van der Waals surface area (Å²) in [6.45, 7) is 8.79. The molecule has 6 nitrogen and oxygen atoms in total. The first-order valence-electron chi connectivity index (χ1n) is 10.0. The van der Waals surface area contributed by atoms with Crippen LogP contribution in [0, 0.1) is 12.8 Å². The summed E-state index contributed by atoms with van der Waals surface area (Å²) in [4.78, 5) is 12.9. The van der Waals surface area contributed by atoms with Crippen molar-refractivity contribution in [3.63, 3.8) is 0 Å². The number of nitrogens with zero attached hydrogens (tertiary/aromatic N) is 3. The Kier molecular flexibility index (Phi) is 7.54. The number of hydrogen-bond donors (Lipinski definition) is 2. The van der Waals surface area contributed by atoms with Gasteiger partial charge in [-0.1, -0.05) is 12.1 Å². The second-order valence-corrected chi connectivity index (χ2v) is 8.35. The summed E-state index contributed by atoms with van der Waals surface area (Å²) in [6.07, 6.45) is 4.01. The summed E-state index contributed by atoms with van der Waals surface area (Å²) in [5.41, 5.74) is 1.18. The summed E-state index contributed by atoms with van der Waals surface area (Å²) in [6, 6.07) is 8.25. The summed E-state index contributed by atoms with van der Waals surface area (Å²) in [7, 11) is 1.73. The SMILES string of the molecule is CCNC(=NCC1CCN(c2ccccc2OC)C1)NCCc1ncc(C)s1. The molecule has 1 aromatic heterocycles. The minimum absolute atomic E-state index is 0.557. The van der Waals surface area contributed by atoms with Crippen molar-refractivity contribution >= 4 is 23.0 Å². The average Bonchev–Trinajstić information content (AvgIpc) is 3.35. The zero-order valence-corrected chi connectivity index (χ0v) is 17.9. The highest BCUT2D eigenvalue weighted by Crippen LogP contribution is 2.31. The monoisotopic (exact) mass is 401 g/mol. The number of thiazole rings is 1. The molecule has 3 rings (SSSR count). The number of para-hydroxylation sites is 2. The molecule has 1 aromatic carbocycles. The maximum absolute atomic E-state index is 5.51. The standard InChI is InChI=1S/C21H31N5OS/c1-4-22-21(23-11-9-20-24-13-16(2)28-20)25-14-17-10-12-26(15-17)18-7-5-6-8-19(18)27-3/h5-8,13,17H,4,9-12,14-15H2,1-3H3,(H2,22,23,25). The van der Waals surface area contributed by atoms with Crippen LogP contribution in [-0.4, -0.2) is 50.8 Å². The molecular formula is C21H31N5OS. The fraction of sp³-hybridized carbons (Fsp3) is 0.524. The summed E-state index contributed by atoms with van der Waals surface area (Å²) >= 11 is 1.76. The van der Waals surface area contributed by atoms with Gasteiger partial charge in [-0.2, -0.15) is 0 Å². The predicted molar refractivity (Wildman–Crippen MR) is 118 cm³/mol. The van der Waals surface area contributed by atoms with E-state index in [0.717, 1.165) is 57.3 Å². The largest absolute Gasteiger partial charge is 0.495 e. The van der Waals surface area contributed by atoms with Crippen molar-refractivity contribution in [2.75, 3.05) is 44.7 Å². The maximum atomic E-state index is 5.51. The Morgan fingerprint density at radius 3 is 2.96 bits per heavy atom. The van der Waals surface area contributed by atoms with Crippen LogP contribution in [-0.2, 0) is 6.42 Å². The van der Waals surface area contributed by atoms with Gasteiger partial charge < -0.3 is 20.3 Å². The number of ether oxygens (including phenoxy) is 1. The Morgan fingerprint density at radius 2 is 2.21 bits per heavy atom. The maximum Gasteiger partial charge on any atom is 0.191 e. The molecule has 1 atom stereocenters. The molecule has 7 heteroatoms. The summed E-state index contributed by atoms with van der Waals surface area (Å²) in [5, 5.41) is 7.95. The molecule has 1 saturated heterocycles. The number of benzene rings is 1. The van der Waals surface area contributed by atoms with Gasteiger partial charge in [-0.3, -0.25) is 4.99 Å². The average molecular weight is 402 g/mol. The molecule has 2 aromatic rings. The number of guanidine groups is 1. The van der Waals surface area contributed by atoms with E-state index in [2.05, 4.69) is 46.5 Å². The highest BCUT2D eigenvalue weighted by molar-refractivity contribution is 7.11. The molecule has 1 aliphatic heterocycles. The van der Waals surface area contributed by atoms with Gasteiger partial charge in [-0.25, -0.2) is 4.98 Å². The van der Waals surface area contributed by atoms with Gasteiger partial charge in [0.15, 0.2) is 5.96 Å². The molecule has 1 aliphatic rings. The van der Waals surface area contributed by atoms with E-state index < -0.39 is 0 Å². The van der Waals surface area contributed by atoms with E-state index in [-0.39, 0.29) is 0 Å². The number of aromatic nitrogens is 1. The van der Waals surface area contributed by atoms with Crippen molar-refractivity contribution in [3.05, 3.63) is 40.3 Å². The molecular weight excluding hydrogens is 370 g/mol. The number of nitrogens with one attached hydrogen (secondary N) is 2. The Morgan fingerprint density at radius 1 is 1.36 bits per heavy atom. The van der Waals surface area contributed by atoms with Gasteiger partial charge in [-0.15, -0.1) is 11.3 Å². The van der Waals surface area contributed by atoms with Crippen molar-refractivity contribution in [2.45, 2.75) is 26.7 Å². The summed E-state index contributed by atoms with van der Waals surface area (Å²) < 4.78 is 5.51. The molecule has 1 unspecified atom stereocenters. The van der Waals surface area contributed by atoms with Gasteiger partial charge in [0.05, 0.1) is 17.8 Å². The first kappa shape index (κ1) is 20.5. The van der Waals surface area contributed by atoms with Crippen LogP contribution < -0.4 is 20.3 Å². The van der Waals surface area contributed by atoms with Crippen LogP contribution in [0.5, 0.6) is 5.75 Å². The molecule has 152 valence electrons. The fourth-order valence-electron chi connectivity index (χ4n) is 3.46. The van der Waals surface area contributed by atoms with E-state index >= 15 is 0 Å².